The lowest BCUT2D eigenvalue weighted by molar-refractivity contribution is -0.0848. The molecule has 2 atom stereocenters. The number of nitrogen functional groups attached to an aromatic ring is 1. The van der Waals surface area contributed by atoms with Crippen LogP contribution in [-0.2, 0) is 4.74 Å². The van der Waals surface area contributed by atoms with Crippen molar-refractivity contribution in [2.45, 2.75) is 31.6 Å². The van der Waals surface area contributed by atoms with E-state index in [1.165, 1.54) is 0 Å². The number of likely N-dealkylation sites (tertiary alicyclic amines) is 1. The van der Waals surface area contributed by atoms with E-state index in [1.54, 1.807) is 10.9 Å². The SMILES string of the molecule is Cc1c(N)cnn1[C@H]1CCN(C2COC2)C[C@H]1F. The molecule has 1 aromatic rings. The summed E-state index contributed by atoms with van der Waals surface area (Å²) in [7, 11) is 0. The Kier molecular flexibility index (Phi) is 2.99. The number of aromatic nitrogens is 2. The summed E-state index contributed by atoms with van der Waals surface area (Å²) in [6, 6.07) is 0.229. The number of piperidine rings is 1. The van der Waals surface area contributed by atoms with Crippen LogP contribution in [-0.4, -0.2) is 53.2 Å². The van der Waals surface area contributed by atoms with E-state index in [9.17, 15) is 4.39 Å². The van der Waals surface area contributed by atoms with Gasteiger partial charge in [-0.3, -0.25) is 9.58 Å². The summed E-state index contributed by atoms with van der Waals surface area (Å²) in [5, 5.41) is 4.20. The van der Waals surface area contributed by atoms with Gasteiger partial charge in [0.15, 0.2) is 0 Å². The summed E-state index contributed by atoms with van der Waals surface area (Å²) >= 11 is 0. The molecule has 6 heteroatoms. The topological polar surface area (TPSA) is 56.3 Å². The molecule has 3 rings (SSSR count). The molecule has 2 fully saturated rings. The molecule has 100 valence electrons. The molecular weight excluding hydrogens is 235 g/mol. The fraction of sp³-hybridized carbons (Fsp3) is 0.750. The first-order valence-corrected chi connectivity index (χ1v) is 6.42. The molecule has 5 nitrogen and oxygen atoms in total. The van der Waals surface area contributed by atoms with Crippen molar-refractivity contribution in [1.82, 2.24) is 14.7 Å². The first kappa shape index (κ1) is 11.9. The van der Waals surface area contributed by atoms with Crippen LogP contribution in [0.1, 0.15) is 18.2 Å². The van der Waals surface area contributed by atoms with Gasteiger partial charge in [0.1, 0.15) is 6.17 Å². The minimum absolute atomic E-state index is 0.181. The minimum atomic E-state index is -0.891. The molecule has 3 heterocycles. The number of nitrogens with two attached hydrogens (primary N) is 1. The fourth-order valence-electron chi connectivity index (χ4n) is 2.73. The quantitative estimate of drug-likeness (QED) is 0.846. The lowest BCUT2D eigenvalue weighted by atomic mass is 10.0. The molecule has 0 saturated carbocycles. The zero-order valence-corrected chi connectivity index (χ0v) is 10.6. The highest BCUT2D eigenvalue weighted by Crippen LogP contribution is 2.29. The largest absolute Gasteiger partial charge is 0.396 e. The average molecular weight is 254 g/mol. The van der Waals surface area contributed by atoms with Crippen LogP contribution in [0.2, 0.25) is 0 Å². The van der Waals surface area contributed by atoms with E-state index in [-0.39, 0.29) is 6.04 Å². The number of rotatable bonds is 2. The minimum Gasteiger partial charge on any atom is -0.396 e. The standard InChI is InChI=1S/C12H19FN4O/c1-8-11(14)4-15-17(8)12-2-3-16(5-10(12)13)9-6-18-7-9/h4,9-10,12H,2-3,5-7,14H2,1H3/t10-,12+/m1/s1. The Bertz CT molecular complexity index is 432. The monoisotopic (exact) mass is 254 g/mol. The third-order valence-electron chi connectivity index (χ3n) is 4.07. The molecule has 0 radical (unpaired) electrons. The van der Waals surface area contributed by atoms with Crippen molar-refractivity contribution < 1.29 is 9.13 Å². The molecule has 0 aromatic carbocycles. The Labute approximate surface area is 106 Å². The maximum absolute atomic E-state index is 14.3. The second-order valence-electron chi connectivity index (χ2n) is 5.19. The van der Waals surface area contributed by atoms with E-state index in [2.05, 4.69) is 10.00 Å². The number of anilines is 1. The normalized spacial score (nSPS) is 30.3. The molecule has 0 spiro atoms. The van der Waals surface area contributed by atoms with E-state index in [1.807, 2.05) is 6.92 Å². The molecule has 0 unspecified atom stereocenters. The van der Waals surface area contributed by atoms with E-state index in [0.29, 0.717) is 18.3 Å². The van der Waals surface area contributed by atoms with Gasteiger partial charge < -0.3 is 10.5 Å². The summed E-state index contributed by atoms with van der Waals surface area (Å²) in [5.74, 6) is 0. The highest BCUT2D eigenvalue weighted by Gasteiger charge is 2.36. The van der Waals surface area contributed by atoms with Gasteiger partial charge >= 0.3 is 0 Å². The third kappa shape index (κ3) is 1.89. The molecule has 0 amide bonds. The van der Waals surface area contributed by atoms with Crippen LogP contribution in [0.4, 0.5) is 10.1 Å². The predicted molar refractivity (Wildman–Crippen MR) is 66.1 cm³/mol. The van der Waals surface area contributed by atoms with Crippen molar-refractivity contribution in [2.75, 3.05) is 32.0 Å². The van der Waals surface area contributed by atoms with Gasteiger partial charge in [0, 0.05) is 13.1 Å². The smallest absolute Gasteiger partial charge is 0.135 e. The molecule has 0 bridgehead atoms. The molecule has 2 N–H and O–H groups in total. The Morgan fingerprint density at radius 2 is 2.28 bits per heavy atom. The van der Waals surface area contributed by atoms with Crippen LogP contribution < -0.4 is 5.73 Å². The highest BCUT2D eigenvalue weighted by molar-refractivity contribution is 5.40. The number of alkyl halides is 1. The van der Waals surface area contributed by atoms with E-state index in [0.717, 1.165) is 31.9 Å². The van der Waals surface area contributed by atoms with Crippen molar-refractivity contribution in [1.29, 1.82) is 0 Å². The van der Waals surface area contributed by atoms with Crippen molar-refractivity contribution in [3.63, 3.8) is 0 Å². The summed E-state index contributed by atoms with van der Waals surface area (Å²) in [4.78, 5) is 2.19. The van der Waals surface area contributed by atoms with Gasteiger partial charge in [-0.2, -0.15) is 5.10 Å². The molecular formula is C12H19FN4O. The predicted octanol–water partition coefficient (Wildman–Crippen LogP) is 0.757. The van der Waals surface area contributed by atoms with Crippen LogP contribution in [0.25, 0.3) is 0 Å². The van der Waals surface area contributed by atoms with E-state index in [4.69, 9.17) is 10.5 Å². The van der Waals surface area contributed by atoms with Crippen molar-refractivity contribution in [3.05, 3.63) is 11.9 Å². The van der Waals surface area contributed by atoms with Gasteiger partial charge in [0.05, 0.1) is 42.9 Å². The summed E-state index contributed by atoms with van der Waals surface area (Å²) in [5.41, 5.74) is 7.27. The molecule has 18 heavy (non-hydrogen) atoms. The van der Waals surface area contributed by atoms with Crippen molar-refractivity contribution in [2.24, 2.45) is 0 Å². The van der Waals surface area contributed by atoms with Crippen LogP contribution in [0.15, 0.2) is 6.20 Å². The lowest BCUT2D eigenvalue weighted by Crippen LogP contribution is -2.55. The molecule has 2 saturated heterocycles. The van der Waals surface area contributed by atoms with Gasteiger partial charge in [-0.1, -0.05) is 0 Å². The number of halogens is 1. The van der Waals surface area contributed by atoms with Gasteiger partial charge in [0.25, 0.3) is 0 Å². The average Bonchev–Trinajstić information content (AvgIpc) is 2.58. The maximum atomic E-state index is 14.3. The molecule has 2 aliphatic heterocycles. The zero-order valence-electron chi connectivity index (χ0n) is 10.6. The Morgan fingerprint density at radius 1 is 1.50 bits per heavy atom. The van der Waals surface area contributed by atoms with Crippen LogP contribution in [0, 0.1) is 6.92 Å². The first-order chi connectivity index (χ1) is 8.66. The number of nitrogens with zero attached hydrogens (tertiary/aromatic N) is 3. The van der Waals surface area contributed by atoms with Crippen molar-refractivity contribution >= 4 is 5.69 Å². The zero-order chi connectivity index (χ0) is 12.7. The lowest BCUT2D eigenvalue weighted by Gasteiger charge is -2.42. The van der Waals surface area contributed by atoms with Crippen LogP contribution >= 0.6 is 0 Å². The highest BCUT2D eigenvalue weighted by atomic mass is 19.1. The van der Waals surface area contributed by atoms with Crippen LogP contribution in [0.3, 0.4) is 0 Å². The molecule has 1 aromatic heterocycles. The van der Waals surface area contributed by atoms with Crippen molar-refractivity contribution in [3.8, 4) is 0 Å². The first-order valence-electron chi connectivity index (χ1n) is 6.42. The maximum Gasteiger partial charge on any atom is 0.135 e. The van der Waals surface area contributed by atoms with Gasteiger partial charge in [-0.05, 0) is 13.3 Å². The second-order valence-corrected chi connectivity index (χ2v) is 5.19. The van der Waals surface area contributed by atoms with Gasteiger partial charge in [0.2, 0.25) is 0 Å². The fourth-order valence-corrected chi connectivity index (χ4v) is 2.73. The Hall–Kier alpha value is -1.14. The summed E-state index contributed by atoms with van der Waals surface area (Å²) in [6.07, 6.45) is 1.49. The third-order valence-corrected chi connectivity index (χ3v) is 4.07. The summed E-state index contributed by atoms with van der Waals surface area (Å²) < 4.78 is 21.2. The number of ether oxygens (including phenoxy) is 1. The van der Waals surface area contributed by atoms with E-state index < -0.39 is 6.17 Å². The summed E-state index contributed by atoms with van der Waals surface area (Å²) in [6.45, 7) is 4.74. The second kappa shape index (κ2) is 4.51. The molecule has 2 aliphatic rings. The molecule has 0 aliphatic carbocycles. The Balaban J connectivity index is 1.70. The van der Waals surface area contributed by atoms with E-state index >= 15 is 0 Å². The Morgan fingerprint density at radius 3 is 2.78 bits per heavy atom. The van der Waals surface area contributed by atoms with Gasteiger partial charge in [-0.15, -0.1) is 0 Å². The van der Waals surface area contributed by atoms with Gasteiger partial charge in [-0.25, -0.2) is 4.39 Å². The van der Waals surface area contributed by atoms with Crippen LogP contribution in [0.5, 0.6) is 0 Å². The number of hydrogen-bond donors (Lipinski definition) is 1. The number of hydrogen-bond acceptors (Lipinski definition) is 4.